The van der Waals surface area contributed by atoms with E-state index >= 15 is 0 Å². The summed E-state index contributed by atoms with van der Waals surface area (Å²) in [5, 5.41) is 10.5. The van der Waals surface area contributed by atoms with Gasteiger partial charge in [-0.15, -0.1) is 0 Å². The summed E-state index contributed by atoms with van der Waals surface area (Å²) in [5.41, 5.74) is -1.28. The minimum Gasteiger partial charge on any atom is -0.381 e. The fourth-order valence-corrected chi connectivity index (χ4v) is 3.48. The molecule has 0 aliphatic carbocycles. The van der Waals surface area contributed by atoms with Crippen LogP contribution < -0.4 is 0 Å². The number of carbonyl (C=O) groups is 2. The van der Waals surface area contributed by atoms with Crippen LogP contribution in [0.15, 0.2) is 30.9 Å². The Bertz CT molecular complexity index is 688. The largest absolute Gasteiger partial charge is 0.381 e. The Balaban J connectivity index is 1.58. The van der Waals surface area contributed by atoms with E-state index < -0.39 is 17.2 Å². The van der Waals surface area contributed by atoms with Crippen LogP contribution in [0.2, 0.25) is 0 Å². The highest BCUT2D eigenvalue weighted by Crippen LogP contribution is 2.34. The normalized spacial score (nSPS) is 20.1. The molecule has 5 nitrogen and oxygen atoms in total. The molecule has 1 aromatic carbocycles. The molecule has 0 unspecified atom stereocenters. The summed E-state index contributed by atoms with van der Waals surface area (Å²) >= 11 is 0. The third-order valence-corrected chi connectivity index (χ3v) is 4.95. The van der Waals surface area contributed by atoms with Gasteiger partial charge in [0, 0.05) is 25.1 Å². The number of halogens is 2. The molecule has 3 rings (SSSR count). The zero-order valence-corrected chi connectivity index (χ0v) is 13.8. The highest BCUT2D eigenvalue weighted by atomic mass is 19.1. The highest BCUT2D eigenvalue weighted by molar-refractivity contribution is 5.87. The summed E-state index contributed by atoms with van der Waals surface area (Å²) in [6.45, 7) is 4.47. The van der Waals surface area contributed by atoms with Crippen molar-refractivity contribution in [3.05, 3.63) is 48.1 Å². The molecule has 25 heavy (non-hydrogen) atoms. The van der Waals surface area contributed by atoms with E-state index in [-0.39, 0.29) is 36.4 Å². The van der Waals surface area contributed by atoms with E-state index in [2.05, 4.69) is 6.58 Å². The van der Waals surface area contributed by atoms with Crippen LogP contribution in [0.25, 0.3) is 0 Å². The molecule has 0 atom stereocenters. The van der Waals surface area contributed by atoms with Crippen molar-refractivity contribution in [2.24, 2.45) is 5.92 Å². The SMILES string of the molecule is C=CC(=O)N1CCC(C(=O)N2CC(O)(c3cc(F)cc(F)c3)C2)CC1. The molecular weight excluding hydrogens is 330 g/mol. The van der Waals surface area contributed by atoms with Gasteiger partial charge in [-0.1, -0.05) is 6.58 Å². The van der Waals surface area contributed by atoms with E-state index in [4.69, 9.17) is 0 Å². The Hall–Kier alpha value is -2.28. The molecule has 0 radical (unpaired) electrons. The minimum atomic E-state index is -1.42. The molecule has 2 saturated heterocycles. The fourth-order valence-electron chi connectivity index (χ4n) is 3.48. The van der Waals surface area contributed by atoms with Crippen molar-refractivity contribution >= 4 is 11.8 Å². The number of rotatable bonds is 3. The Morgan fingerprint density at radius 1 is 1.12 bits per heavy atom. The smallest absolute Gasteiger partial charge is 0.245 e. The zero-order valence-electron chi connectivity index (χ0n) is 13.8. The molecule has 2 heterocycles. The molecule has 1 N–H and O–H groups in total. The first-order valence-electron chi connectivity index (χ1n) is 8.21. The lowest BCUT2D eigenvalue weighted by atomic mass is 9.84. The van der Waals surface area contributed by atoms with Crippen molar-refractivity contribution in [3.8, 4) is 0 Å². The van der Waals surface area contributed by atoms with E-state index in [1.165, 1.54) is 11.0 Å². The van der Waals surface area contributed by atoms with Gasteiger partial charge in [0.2, 0.25) is 11.8 Å². The quantitative estimate of drug-likeness (QED) is 0.839. The molecule has 0 aromatic heterocycles. The van der Waals surface area contributed by atoms with E-state index in [1.54, 1.807) is 4.90 Å². The number of hydrogen-bond donors (Lipinski definition) is 1. The van der Waals surface area contributed by atoms with Crippen LogP contribution in [-0.4, -0.2) is 52.9 Å². The van der Waals surface area contributed by atoms with Crippen LogP contribution in [0, 0.1) is 17.6 Å². The van der Waals surface area contributed by atoms with E-state index in [1.807, 2.05) is 0 Å². The standard InChI is InChI=1S/C18H20F2N2O3/c1-2-16(23)21-5-3-12(4-6-21)17(24)22-10-18(25,11-22)13-7-14(19)9-15(20)8-13/h2,7-9,12,25H,1,3-6,10-11H2. The van der Waals surface area contributed by atoms with Crippen molar-refractivity contribution < 1.29 is 23.5 Å². The fraction of sp³-hybridized carbons (Fsp3) is 0.444. The van der Waals surface area contributed by atoms with Gasteiger partial charge < -0.3 is 14.9 Å². The van der Waals surface area contributed by atoms with Crippen molar-refractivity contribution in [1.29, 1.82) is 0 Å². The molecular formula is C18H20F2N2O3. The van der Waals surface area contributed by atoms with Gasteiger partial charge in [-0.2, -0.15) is 0 Å². The predicted molar refractivity (Wildman–Crippen MR) is 86.3 cm³/mol. The molecule has 0 bridgehead atoms. The minimum absolute atomic E-state index is 0.0144. The maximum absolute atomic E-state index is 13.3. The number of carbonyl (C=O) groups excluding carboxylic acids is 2. The first-order chi connectivity index (χ1) is 11.8. The average Bonchev–Trinajstić information content (AvgIpc) is 2.57. The van der Waals surface area contributed by atoms with Crippen LogP contribution in [0.4, 0.5) is 8.78 Å². The van der Waals surface area contributed by atoms with Crippen LogP contribution in [0.3, 0.4) is 0 Å². The van der Waals surface area contributed by atoms with Gasteiger partial charge in [-0.05, 0) is 36.6 Å². The predicted octanol–water partition coefficient (Wildman–Crippen LogP) is 1.42. The average molecular weight is 350 g/mol. The Morgan fingerprint density at radius 3 is 2.20 bits per heavy atom. The van der Waals surface area contributed by atoms with Gasteiger partial charge in [0.25, 0.3) is 0 Å². The van der Waals surface area contributed by atoms with Gasteiger partial charge in [-0.25, -0.2) is 8.78 Å². The third-order valence-electron chi connectivity index (χ3n) is 4.95. The molecule has 2 aliphatic rings. The summed E-state index contributed by atoms with van der Waals surface area (Å²) in [4.78, 5) is 27.2. The number of piperidine rings is 1. The molecule has 134 valence electrons. The first-order valence-corrected chi connectivity index (χ1v) is 8.21. The number of nitrogens with zero attached hydrogens (tertiary/aromatic N) is 2. The van der Waals surface area contributed by atoms with Gasteiger partial charge in [0.1, 0.15) is 17.2 Å². The first kappa shape index (κ1) is 17.5. The van der Waals surface area contributed by atoms with Crippen LogP contribution in [0.5, 0.6) is 0 Å². The number of amides is 2. The second-order valence-corrected chi connectivity index (χ2v) is 6.69. The van der Waals surface area contributed by atoms with E-state index in [9.17, 15) is 23.5 Å². The van der Waals surface area contributed by atoms with E-state index in [0.29, 0.717) is 25.9 Å². The molecule has 0 saturated carbocycles. The molecule has 2 aliphatic heterocycles. The number of benzene rings is 1. The van der Waals surface area contributed by atoms with Crippen molar-refractivity contribution in [1.82, 2.24) is 9.80 Å². The second-order valence-electron chi connectivity index (χ2n) is 6.69. The van der Waals surface area contributed by atoms with Crippen LogP contribution in [-0.2, 0) is 15.2 Å². The zero-order chi connectivity index (χ0) is 18.2. The van der Waals surface area contributed by atoms with Crippen molar-refractivity contribution in [2.45, 2.75) is 18.4 Å². The summed E-state index contributed by atoms with van der Waals surface area (Å²) < 4.78 is 26.7. The topological polar surface area (TPSA) is 60.9 Å². The van der Waals surface area contributed by atoms with Crippen molar-refractivity contribution in [3.63, 3.8) is 0 Å². The summed E-state index contributed by atoms with van der Waals surface area (Å²) in [6, 6.07) is 2.92. The van der Waals surface area contributed by atoms with Gasteiger partial charge in [0.05, 0.1) is 13.1 Å². The molecule has 2 amide bonds. The maximum atomic E-state index is 13.3. The monoisotopic (exact) mass is 350 g/mol. The highest BCUT2D eigenvalue weighted by Gasteiger charge is 2.47. The molecule has 2 fully saturated rings. The van der Waals surface area contributed by atoms with Gasteiger partial charge in [-0.3, -0.25) is 9.59 Å². The number of hydrogen-bond acceptors (Lipinski definition) is 3. The summed E-state index contributed by atoms with van der Waals surface area (Å²) in [6.07, 6.45) is 2.37. The number of aliphatic hydroxyl groups is 1. The molecule has 0 spiro atoms. The van der Waals surface area contributed by atoms with Crippen LogP contribution in [0.1, 0.15) is 18.4 Å². The lowest BCUT2D eigenvalue weighted by molar-refractivity contribution is -0.163. The summed E-state index contributed by atoms with van der Waals surface area (Å²) in [5.74, 6) is -1.95. The van der Waals surface area contributed by atoms with Gasteiger partial charge in [0.15, 0.2) is 0 Å². The molecule has 7 heteroatoms. The number of β-amino-alcohol motifs (C(OH)–C–C–N with tert-alkyl or cyclic N) is 1. The molecule has 1 aromatic rings. The Morgan fingerprint density at radius 2 is 1.68 bits per heavy atom. The Labute approximate surface area is 144 Å². The lowest BCUT2D eigenvalue weighted by Crippen LogP contribution is -2.62. The lowest BCUT2D eigenvalue weighted by Gasteiger charge is -2.48. The van der Waals surface area contributed by atoms with Gasteiger partial charge >= 0.3 is 0 Å². The maximum Gasteiger partial charge on any atom is 0.245 e. The van der Waals surface area contributed by atoms with Crippen LogP contribution >= 0.6 is 0 Å². The summed E-state index contributed by atoms with van der Waals surface area (Å²) in [7, 11) is 0. The Kier molecular flexibility index (Phi) is 4.60. The number of likely N-dealkylation sites (tertiary alicyclic amines) is 2. The third kappa shape index (κ3) is 3.42. The van der Waals surface area contributed by atoms with E-state index in [0.717, 1.165) is 18.2 Å². The second kappa shape index (κ2) is 6.55. The van der Waals surface area contributed by atoms with Crippen molar-refractivity contribution in [2.75, 3.05) is 26.2 Å².